The molecule has 0 fully saturated rings. The van der Waals surface area contributed by atoms with Gasteiger partial charge in [-0.2, -0.15) is 0 Å². The highest BCUT2D eigenvalue weighted by Gasteiger charge is 2.21. The SMILES string of the molecule is Cc1ccc(NC(=O)CCN(c2ccccc2F)S(C)(=O)=O)c(C)c1. The molecule has 134 valence electrons. The fourth-order valence-corrected chi connectivity index (χ4v) is 3.42. The number of nitrogens with zero attached hydrogens (tertiary/aromatic N) is 1. The van der Waals surface area contributed by atoms with E-state index in [9.17, 15) is 17.6 Å². The van der Waals surface area contributed by atoms with Gasteiger partial charge in [0.2, 0.25) is 15.9 Å². The van der Waals surface area contributed by atoms with E-state index in [4.69, 9.17) is 0 Å². The minimum Gasteiger partial charge on any atom is -0.326 e. The summed E-state index contributed by atoms with van der Waals surface area (Å²) in [5.41, 5.74) is 2.61. The zero-order valence-electron chi connectivity index (χ0n) is 14.4. The van der Waals surface area contributed by atoms with Crippen LogP contribution in [0.5, 0.6) is 0 Å². The highest BCUT2D eigenvalue weighted by Crippen LogP contribution is 2.22. The number of carbonyl (C=O) groups is 1. The van der Waals surface area contributed by atoms with Crippen LogP contribution in [0.3, 0.4) is 0 Å². The lowest BCUT2D eigenvalue weighted by Crippen LogP contribution is -2.33. The van der Waals surface area contributed by atoms with Crippen molar-refractivity contribution < 1.29 is 17.6 Å². The third kappa shape index (κ3) is 5.03. The van der Waals surface area contributed by atoms with Gasteiger partial charge in [0.25, 0.3) is 0 Å². The molecule has 0 unspecified atom stereocenters. The average molecular weight is 364 g/mol. The third-order valence-corrected chi connectivity index (χ3v) is 4.90. The second kappa shape index (κ2) is 7.65. The van der Waals surface area contributed by atoms with Crippen LogP contribution in [0, 0.1) is 19.7 Å². The van der Waals surface area contributed by atoms with Gasteiger partial charge in [0, 0.05) is 18.7 Å². The van der Waals surface area contributed by atoms with Crippen LogP contribution in [0.2, 0.25) is 0 Å². The van der Waals surface area contributed by atoms with Gasteiger partial charge in [-0.3, -0.25) is 9.10 Å². The average Bonchev–Trinajstić information content (AvgIpc) is 2.51. The summed E-state index contributed by atoms with van der Waals surface area (Å²) in [6, 6.07) is 11.2. The zero-order chi connectivity index (χ0) is 18.6. The molecule has 0 aromatic heterocycles. The summed E-state index contributed by atoms with van der Waals surface area (Å²) in [6.07, 6.45) is 0.899. The summed E-state index contributed by atoms with van der Waals surface area (Å²) in [6.45, 7) is 3.69. The Morgan fingerprint density at radius 1 is 1.16 bits per heavy atom. The van der Waals surface area contributed by atoms with Crippen molar-refractivity contribution >= 4 is 27.3 Å². The lowest BCUT2D eigenvalue weighted by molar-refractivity contribution is -0.116. The van der Waals surface area contributed by atoms with E-state index in [2.05, 4.69) is 5.32 Å². The van der Waals surface area contributed by atoms with Gasteiger partial charge in [-0.25, -0.2) is 12.8 Å². The molecule has 0 aliphatic carbocycles. The van der Waals surface area contributed by atoms with Gasteiger partial charge in [0.1, 0.15) is 5.82 Å². The summed E-state index contributed by atoms with van der Waals surface area (Å²) < 4.78 is 38.8. The Hall–Kier alpha value is -2.41. The lowest BCUT2D eigenvalue weighted by atomic mass is 10.1. The molecule has 0 aliphatic rings. The molecule has 7 heteroatoms. The third-order valence-electron chi connectivity index (χ3n) is 3.72. The van der Waals surface area contributed by atoms with Gasteiger partial charge in [-0.15, -0.1) is 0 Å². The first-order valence-electron chi connectivity index (χ1n) is 7.78. The summed E-state index contributed by atoms with van der Waals surface area (Å²) in [5, 5.41) is 2.76. The van der Waals surface area contributed by atoms with Crippen LogP contribution in [-0.4, -0.2) is 27.1 Å². The Labute approximate surface area is 147 Å². The van der Waals surface area contributed by atoms with Crippen LogP contribution < -0.4 is 9.62 Å². The number of benzene rings is 2. The number of aryl methyl sites for hydroxylation is 2. The van der Waals surface area contributed by atoms with Crippen LogP contribution >= 0.6 is 0 Å². The number of hydrogen-bond donors (Lipinski definition) is 1. The van der Waals surface area contributed by atoms with Gasteiger partial charge in [0.05, 0.1) is 11.9 Å². The minimum atomic E-state index is -3.71. The van der Waals surface area contributed by atoms with Gasteiger partial charge in [0.15, 0.2) is 0 Å². The van der Waals surface area contributed by atoms with Crippen molar-refractivity contribution in [2.75, 3.05) is 22.4 Å². The number of nitrogens with one attached hydrogen (secondary N) is 1. The molecule has 0 bridgehead atoms. The molecule has 2 aromatic carbocycles. The van der Waals surface area contributed by atoms with Crippen LogP contribution in [0.25, 0.3) is 0 Å². The predicted molar refractivity (Wildman–Crippen MR) is 97.8 cm³/mol. The van der Waals surface area contributed by atoms with Crippen LogP contribution in [0.4, 0.5) is 15.8 Å². The molecule has 2 rings (SSSR count). The quantitative estimate of drug-likeness (QED) is 0.856. The van der Waals surface area contributed by atoms with Crippen LogP contribution in [0.15, 0.2) is 42.5 Å². The molecule has 1 amide bonds. The van der Waals surface area contributed by atoms with Crippen molar-refractivity contribution in [1.82, 2.24) is 0 Å². The summed E-state index contributed by atoms with van der Waals surface area (Å²) in [7, 11) is -3.71. The molecule has 2 aromatic rings. The first kappa shape index (κ1) is 18.9. The van der Waals surface area contributed by atoms with Crippen LogP contribution in [-0.2, 0) is 14.8 Å². The van der Waals surface area contributed by atoms with Crippen molar-refractivity contribution in [1.29, 1.82) is 0 Å². The number of sulfonamides is 1. The summed E-state index contributed by atoms with van der Waals surface area (Å²) >= 11 is 0. The number of carbonyl (C=O) groups excluding carboxylic acids is 1. The smallest absolute Gasteiger partial charge is 0.232 e. The Kier molecular flexibility index (Phi) is 5.79. The first-order valence-corrected chi connectivity index (χ1v) is 9.62. The van der Waals surface area contributed by atoms with E-state index in [1.807, 2.05) is 26.0 Å². The Morgan fingerprint density at radius 3 is 2.44 bits per heavy atom. The maximum Gasteiger partial charge on any atom is 0.232 e. The Morgan fingerprint density at radius 2 is 1.84 bits per heavy atom. The zero-order valence-corrected chi connectivity index (χ0v) is 15.2. The number of hydrogen-bond acceptors (Lipinski definition) is 3. The molecule has 0 aliphatic heterocycles. The largest absolute Gasteiger partial charge is 0.326 e. The number of amides is 1. The Balaban J connectivity index is 2.11. The highest BCUT2D eigenvalue weighted by atomic mass is 32.2. The Bertz CT molecular complexity index is 882. The highest BCUT2D eigenvalue weighted by molar-refractivity contribution is 7.92. The topological polar surface area (TPSA) is 66.5 Å². The number of halogens is 1. The molecule has 5 nitrogen and oxygen atoms in total. The predicted octanol–water partition coefficient (Wildman–Crippen LogP) is 3.24. The van der Waals surface area contributed by atoms with E-state index in [1.165, 1.54) is 18.2 Å². The fourth-order valence-electron chi connectivity index (χ4n) is 2.49. The van der Waals surface area contributed by atoms with Crippen molar-refractivity contribution in [3.63, 3.8) is 0 Å². The summed E-state index contributed by atoms with van der Waals surface area (Å²) in [5.74, 6) is -0.986. The summed E-state index contributed by atoms with van der Waals surface area (Å²) in [4.78, 5) is 12.2. The molecule has 0 heterocycles. The van der Waals surface area contributed by atoms with Gasteiger partial charge >= 0.3 is 0 Å². The maximum atomic E-state index is 13.9. The van der Waals surface area contributed by atoms with E-state index >= 15 is 0 Å². The van der Waals surface area contributed by atoms with Crippen molar-refractivity contribution in [3.8, 4) is 0 Å². The van der Waals surface area contributed by atoms with Crippen LogP contribution in [0.1, 0.15) is 17.5 Å². The maximum absolute atomic E-state index is 13.9. The molecule has 0 radical (unpaired) electrons. The van der Waals surface area contributed by atoms with Gasteiger partial charge in [-0.1, -0.05) is 29.8 Å². The lowest BCUT2D eigenvalue weighted by Gasteiger charge is -2.22. The van der Waals surface area contributed by atoms with E-state index < -0.39 is 15.8 Å². The molecule has 25 heavy (non-hydrogen) atoms. The van der Waals surface area contributed by atoms with Gasteiger partial charge < -0.3 is 5.32 Å². The van der Waals surface area contributed by atoms with Crippen molar-refractivity contribution in [2.24, 2.45) is 0 Å². The number of rotatable bonds is 6. The van der Waals surface area contributed by atoms with E-state index in [-0.39, 0.29) is 24.6 Å². The molecular weight excluding hydrogens is 343 g/mol. The van der Waals surface area contributed by atoms with E-state index in [0.717, 1.165) is 21.7 Å². The standard InChI is InChI=1S/C18H21FN2O3S/c1-13-8-9-16(14(2)12-13)20-18(22)10-11-21(25(3,23)24)17-7-5-4-6-15(17)19/h4-9,12H,10-11H2,1-3H3,(H,20,22). The molecular formula is C18H21FN2O3S. The second-order valence-electron chi connectivity index (χ2n) is 5.90. The molecule has 0 spiro atoms. The minimum absolute atomic E-state index is 0.0654. The van der Waals surface area contributed by atoms with Gasteiger partial charge in [-0.05, 0) is 37.6 Å². The molecule has 0 atom stereocenters. The molecule has 0 saturated carbocycles. The first-order chi connectivity index (χ1) is 11.7. The van der Waals surface area contributed by atoms with E-state index in [1.54, 1.807) is 12.1 Å². The monoisotopic (exact) mass is 364 g/mol. The number of para-hydroxylation sites is 1. The van der Waals surface area contributed by atoms with Crippen molar-refractivity contribution in [3.05, 3.63) is 59.4 Å². The normalized spacial score (nSPS) is 11.2. The van der Waals surface area contributed by atoms with Crippen molar-refractivity contribution in [2.45, 2.75) is 20.3 Å². The second-order valence-corrected chi connectivity index (χ2v) is 7.81. The molecule has 1 N–H and O–H groups in total. The molecule has 0 saturated heterocycles. The number of anilines is 2. The fraction of sp³-hybridized carbons (Fsp3) is 0.278. The van der Waals surface area contributed by atoms with E-state index in [0.29, 0.717) is 5.69 Å².